The maximum absolute atomic E-state index is 9.46. The fourth-order valence-electron chi connectivity index (χ4n) is 2.68. The summed E-state index contributed by atoms with van der Waals surface area (Å²) in [4.78, 5) is 2.89. The van der Waals surface area contributed by atoms with Crippen molar-refractivity contribution in [1.82, 2.24) is 0 Å². The van der Waals surface area contributed by atoms with Crippen LogP contribution in [0.5, 0.6) is 23.0 Å². The van der Waals surface area contributed by atoms with Gasteiger partial charge in [0.15, 0.2) is 18.7 Å². The predicted octanol–water partition coefficient (Wildman–Crippen LogP) is 9.64. The van der Waals surface area contributed by atoms with E-state index in [1.807, 2.05) is 96.5 Å². The van der Waals surface area contributed by atoms with Crippen LogP contribution in [0.1, 0.15) is 31.9 Å². The van der Waals surface area contributed by atoms with E-state index in [0.717, 1.165) is 19.5 Å². The standard InChI is InChI=1S/C10H12I2O3.C8H10.C6H4I2O2.C5H5N.C4H8O/c1-3-14-6(2)15-10-5-7(11)9(13)4-8(10)12;1-7-3-5-8(2)6-4-7;7-3-1-5(9)4(8)2-6(3)10;1-2-4-6-5-3-1;1-3-5-4-2/h4-6,13H,3H2,1-2H3;3-6H,1-2H3;1-2,9-10H;1-5H;3H,1,4H2,2H3/p+1. The summed E-state index contributed by atoms with van der Waals surface area (Å²) in [6, 6.07) is 20.9. The summed E-state index contributed by atoms with van der Waals surface area (Å²) in [5.74, 6) is 1.43. The number of hydrogen-bond donors (Lipinski definition) is 3. The monoisotopic (exact) mass is 1050 g/mol. The Bertz CT molecular complexity index is 1240. The van der Waals surface area contributed by atoms with Gasteiger partial charge in [-0.15, -0.1) is 0 Å². The minimum Gasteiger partial charge on any atom is -0.507 e. The molecule has 4 rings (SSSR count). The van der Waals surface area contributed by atoms with Crippen LogP contribution in [-0.4, -0.2) is 34.8 Å². The molecule has 0 saturated heterocycles. The number of aromatic nitrogens is 1. The van der Waals surface area contributed by atoms with E-state index >= 15 is 0 Å². The second-order valence-electron chi connectivity index (χ2n) is 8.48. The van der Waals surface area contributed by atoms with E-state index in [0.29, 0.717) is 13.7 Å². The molecule has 240 valence electrons. The normalized spacial score (nSPS) is 10.0. The predicted molar refractivity (Wildman–Crippen MR) is 211 cm³/mol. The highest BCUT2D eigenvalue weighted by atomic mass is 127. The third-order valence-corrected chi connectivity index (χ3v) is 8.26. The number of phenolic OH excluding ortho intramolecular Hbond substituents is 3. The van der Waals surface area contributed by atoms with E-state index in [1.54, 1.807) is 12.1 Å². The highest BCUT2D eigenvalue weighted by Gasteiger charge is 2.10. The van der Waals surface area contributed by atoms with Gasteiger partial charge in [-0.25, -0.2) is 4.98 Å². The molecule has 0 bridgehead atoms. The second-order valence-corrected chi connectivity index (χ2v) is 13.1. The summed E-state index contributed by atoms with van der Waals surface area (Å²) in [6.45, 7) is 14.6. The number of aromatic amines is 1. The molecule has 4 aromatic rings. The lowest BCUT2D eigenvalue weighted by atomic mass is 10.2. The molecular formula is C33H40I4NO6+. The number of pyridine rings is 1. The maximum atomic E-state index is 9.46. The van der Waals surface area contributed by atoms with Crippen molar-refractivity contribution in [2.24, 2.45) is 0 Å². The van der Waals surface area contributed by atoms with Gasteiger partial charge in [-0.1, -0.05) is 48.0 Å². The van der Waals surface area contributed by atoms with Gasteiger partial charge in [0, 0.05) is 18.7 Å². The Hall–Kier alpha value is -1.57. The van der Waals surface area contributed by atoms with Gasteiger partial charge in [-0.2, -0.15) is 0 Å². The number of aromatic hydroxyl groups is 3. The Morgan fingerprint density at radius 1 is 0.727 bits per heavy atom. The summed E-state index contributed by atoms with van der Waals surface area (Å²) in [5, 5.41) is 27.7. The number of halogens is 4. The number of aryl methyl sites for hydroxylation is 2. The zero-order valence-electron chi connectivity index (χ0n) is 25.4. The van der Waals surface area contributed by atoms with Crippen LogP contribution in [0.2, 0.25) is 0 Å². The first-order valence-electron chi connectivity index (χ1n) is 13.4. The molecule has 0 spiro atoms. The lowest BCUT2D eigenvalue weighted by Crippen LogP contribution is -2.16. The molecule has 11 heteroatoms. The molecule has 0 aliphatic carbocycles. The lowest BCUT2D eigenvalue weighted by molar-refractivity contribution is -0.377. The van der Waals surface area contributed by atoms with E-state index < -0.39 is 0 Å². The van der Waals surface area contributed by atoms with Crippen LogP contribution in [0, 0.1) is 28.1 Å². The molecule has 1 aromatic heterocycles. The number of H-pyrrole nitrogens is 1. The average molecular weight is 1050 g/mol. The van der Waals surface area contributed by atoms with Gasteiger partial charge >= 0.3 is 0 Å². The van der Waals surface area contributed by atoms with E-state index in [9.17, 15) is 5.11 Å². The van der Waals surface area contributed by atoms with Crippen LogP contribution in [0.15, 0.2) is 92.0 Å². The van der Waals surface area contributed by atoms with Crippen LogP contribution in [0.3, 0.4) is 0 Å². The molecule has 0 radical (unpaired) electrons. The number of hydrogen-bond acceptors (Lipinski definition) is 6. The highest BCUT2D eigenvalue weighted by molar-refractivity contribution is 14.1. The molecule has 0 saturated carbocycles. The molecule has 4 N–H and O–H groups in total. The topological polar surface area (TPSA) is 103 Å². The van der Waals surface area contributed by atoms with Gasteiger partial charge in [0.05, 0.1) is 27.1 Å². The second kappa shape index (κ2) is 25.6. The van der Waals surface area contributed by atoms with Gasteiger partial charge in [-0.3, -0.25) is 0 Å². The first kappa shape index (κ1) is 42.4. The molecule has 1 atom stereocenters. The van der Waals surface area contributed by atoms with Crippen molar-refractivity contribution < 1.29 is 34.5 Å². The van der Waals surface area contributed by atoms with Crippen LogP contribution in [-0.2, 0) is 9.47 Å². The number of benzene rings is 3. The van der Waals surface area contributed by atoms with Crippen molar-refractivity contribution in [3.63, 3.8) is 0 Å². The SMILES string of the molecule is C=COCC.CCOC(C)Oc1cc(I)c(O)cc1I.Cc1ccc(C)cc1.Oc1cc(I)c(O)cc1I.c1cc[nH+]cc1. The van der Waals surface area contributed by atoms with Gasteiger partial charge in [0.25, 0.3) is 0 Å². The van der Waals surface area contributed by atoms with Crippen LogP contribution >= 0.6 is 90.4 Å². The number of ether oxygens (including phenoxy) is 3. The average Bonchev–Trinajstić information content (AvgIpc) is 2.99. The fraction of sp³-hybridized carbons (Fsp3) is 0.242. The quantitative estimate of drug-likeness (QED) is 0.0770. The summed E-state index contributed by atoms with van der Waals surface area (Å²) in [6.07, 6.45) is 4.91. The molecule has 1 unspecified atom stereocenters. The zero-order valence-corrected chi connectivity index (χ0v) is 34.0. The summed E-state index contributed by atoms with van der Waals surface area (Å²) in [7, 11) is 0. The van der Waals surface area contributed by atoms with Crippen molar-refractivity contribution in [1.29, 1.82) is 0 Å². The van der Waals surface area contributed by atoms with Gasteiger partial charge < -0.3 is 29.5 Å². The Balaban J connectivity index is 0.000000556. The number of nitrogens with one attached hydrogen (secondary N) is 1. The third-order valence-electron chi connectivity index (χ3n) is 4.82. The van der Waals surface area contributed by atoms with E-state index in [-0.39, 0.29) is 23.5 Å². The first-order chi connectivity index (χ1) is 20.9. The smallest absolute Gasteiger partial charge is 0.197 e. The van der Waals surface area contributed by atoms with Crippen LogP contribution in [0.25, 0.3) is 0 Å². The Labute approximate surface area is 316 Å². The zero-order chi connectivity index (χ0) is 33.5. The minimum atomic E-state index is -0.274. The van der Waals surface area contributed by atoms with Crippen molar-refractivity contribution in [3.8, 4) is 23.0 Å². The minimum absolute atomic E-state index is 0.211. The van der Waals surface area contributed by atoms with Crippen molar-refractivity contribution >= 4 is 90.4 Å². The van der Waals surface area contributed by atoms with E-state index in [1.165, 1.54) is 29.5 Å². The van der Waals surface area contributed by atoms with Gasteiger partial charge in [-0.05, 0) is 149 Å². The van der Waals surface area contributed by atoms with Gasteiger partial charge in [0.2, 0.25) is 0 Å². The van der Waals surface area contributed by atoms with E-state index in [2.05, 4.69) is 99.6 Å². The van der Waals surface area contributed by atoms with Crippen molar-refractivity contribution in [2.45, 2.75) is 40.9 Å². The molecule has 0 amide bonds. The van der Waals surface area contributed by atoms with Crippen LogP contribution in [0.4, 0.5) is 0 Å². The maximum Gasteiger partial charge on any atom is 0.197 e. The summed E-state index contributed by atoms with van der Waals surface area (Å²) in [5.41, 5.74) is 2.66. The molecule has 0 fully saturated rings. The van der Waals surface area contributed by atoms with Crippen LogP contribution < -0.4 is 9.72 Å². The first-order valence-corrected chi connectivity index (χ1v) is 17.7. The summed E-state index contributed by atoms with van der Waals surface area (Å²) >= 11 is 8.09. The van der Waals surface area contributed by atoms with E-state index in [4.69, 9.17) is 19.7 Å². The van der Waals surface area contributed by atoms with Crippen molar-refractivity contribution in [2.75, 3.05) is 13.2 Å². The molecule has 0 aliphatic heterocycles. The molecular weight excluding hydrogens is 1010 g/mol. The molecule has 1 heterocycles. The van der Waals surface area contributed by atoms with Gasteiger partial charge in [0.1, 0.15) is 23.0 Å². The Morgan fingerprint density at radius 3 is 1.48 bits per heavy atom. The highest BCUT2D eigenvalue weighted by Crippen LogP contribution is 2.31. The lowest BCUT2D eigenvalue weighted by Gasteiger charge is -2.16. The number of rotatable bonds is 6. The summed E-state index contributed by atoms with van der Waals surface area (Å²) < 4.78 is 18.4. The molecule has 3 aromatic carbocycles. The third kappa shape index (κ3) is 20.5. The molecule has 7 nitrogen and oxygen atoms in total. The Kier molecular flexibility index (Phi) is 24.7. The Morgan fingerprint density at radius 2 is 1.16 bits per heavy atom. The number of phenols is 3. The molecule has 44 heavy (non-hydrogen) atoms. The largest absolute Gasteiger partial charge is 0.507 e. The fourth-order valence-corrected chi connectivity index (χ4v) is 4.60. The van der Waals surface area contributed by atoms with Crippen molar-refractivity contribution in [3.05, 3.63) is 117 Å². The molecule has 0 aliphatic rings.